The first-order valence-electron chi connectivity index (χ1n) is 8.18. The van der Waals surface area contributed by atoms with Crippen LogP contribution in [0.1, 0.15) is 45.4 Å². The standard InChI is InChI=1S/C15H32N3O2PS/c1-6-20-15(19)12-9-13-7-10-14(11-8-13)16-21(22,17(2)3)18(4)5/h13-14H,6-12H2,1-5H3,(H,16,22). The molecule has 7 heteroatoms. The number of nitrogens with zero attached hydrogens (tertiary/aromatic N) is 2. The van der Waals surface area contributed by atoms with Gasteiger partial charge in [-0.2, -0.15) is 0 Å². The van der Waals surface area contributed by atoms with Gasteiger partial charge in [-0.3, -0.25) is 19.2 Å². The van der Waals surface area contributed by atoms with Crippen LogP contribution in [0.3, 0.4) is 0 Å². The topological polar surface area (TPSA) is 44.8 Å². The SMILES string of the molecule is CCOC(=O)CCC1CCC(NP(=S)(N(C)C)N(C)C)CC1. The normalized spacial score (nSPS) is 23.0. The van der Waals surface area contributed by atoms with Crippen LogP contribution in [0.25, 0.3) is 0 Å². The number of nitrogens with one attached hydrogen (secondary N) is 1. The largest absolute Gasteiger partial charge is 0.466 e. The molecule has 1 fully saturated rings. The maximum absolute atomic E-state index is 11.4. The highest BCUT2D eigenvalue weighted by atomic mass is 32.4. The van der Waals surface area contributed by atoms with Gasteiger partial charge >= 0.3 is 5.97 Å². The molecule has 1 aliphatic rings. The summed E-state index contributed by atoms with van der Waals surface area (Å²) in [6, 6.07) is 0.495. The third kappa shape index (κ3) is 5.89. The first-order valence-corrected chi connectivity index (χ1v) is 10.9. The Bertz CT molecular complexity index is 384. The average molecular weight is 349 g/mol. The van der Waals surface area contributed by atoms with Crippen molar-refractivity contribution in [1.82, 2.24) is 14.4 Å². The van der Waals surface area contributed by atoms with Gasteiger partial charge in [-0.1, -0.05) is 0 Å². The Morgan fingerprint density at radius 1 is 1.18 bits per heavy atom. The Labute approximate surface area is 140 Å². The number of hydrogen-bond acceptors (Lipinski definition) is 3. The molecular weight excluding hydrogens is 317 g/mol. The summed E-state index contributed by atoms with van der Waals surface area (Å²) in [4.78, 5) is 11.4. The van der Waals surface area contributed by atoms with Crippen molar-refractivity contribution >= 4 is 24.3 Å². The number of hydrogen-bond donors (Lipinski definition) is 1. The molecule has 1 saturated carbocycles. The fourth-order valence-corrected chi connectivity index (χ4v) is 5.32. The van der Waals surface area contributed by atoms with E-state index in [2.05, 4.69) is 42.6 Å². The van der Waals surface area contributed by atoms with Crippen LogP contribution in [-0.2, 0) is 21.3 Å². The molecule has 5 nitrogen and oxygen atoms in total. The second-order valence-electron chi connectivity index (χ2n) is 6.43. The summed E-state index contributed by atoms with van der Waals surface area (Å²) in [6.07, 6.45) is 6.16. The van der Waals surface area contributed by atoms with Crippen molar-refractivity contribution in [2.45, 2.75) is 51.5 Å². The van der Waals surface area contributed by atoms with E-state index in [4.69, 9.17) is 16.5 Å². The summed E-state index contributed by atoms with van der Waals surface area (Å²) < 4.78 is 9.30. The van der Waals surface area contributed by atoms with Gasteiger partial charge < -0.3 is 4.74 Å². The zero-order valence-corrected chi connectivity index (χ0v) is 16.4. The summed E-state index contributed by atoms with van der Waals surface area (Å²) in [5.41, 5.74) is 0. The summed E-state index contributed by atoms with van der Waals surface area (Å²) in [5.74, 6) is 0.595. The van der Waals surface area contributed by atoms with Gasteiger partial charge in [-0.25, -0.2) is 0 Å². The van der Waals surface area contributed by atoms with Gasteiger partial charge in [0.25, 0.3) is 0 Å². The lowest BCUT2D eigenvalue weighted by Gasteiger charge is -2.40. The zero-order chi connectivity index (χ0) is 16.8. The monoisotopic (exact) mass is 349 g/mol. The molecule has 0 radical (unpaired) electrons. The molecule has 22 heavy (non-hydrogen) atoms. The zero-order valence-electron chi connectivity index (χ0n) is 14.7. The van der Waals surface area contributed by atoms with Gasteiger partial charge in [0.05, 0.1) is 6.61 Å². The molecule has 0 amide bonds. The van der Waals surface area contributed by atoms with Crippen LogP contribution >= 0.6 is 6.49 Å². The third-order valence-corrected chi connectivity index (χ3v) is 9.49. The van der Waals surface area contributed by atoms with Crippen LogP contribution in [0.15, 0.2) is 0 Å². The van der Waals surface area contributed by atoms with Crippen molar-refractivity contribution < 1.29 is 9.53 Å². The van der Waals surface area contributed by atoms with E-state index in [0.717, 1.165) is 19.3 Å². The third-order valence-electron chi connectivity index (χ3n) is 4.34. The Morgan fingerprint density at radius 3 is 2.18 bits per heavy atom. The molecule has 130 valence electrons. The van der Waals surface area contributed by atoms with Crippen LogP contribution in [0.2, 0.25) is 0 Å². The molecular formula is C15H32N3O2PS. The van der Waals surface area contributed by atoms with E-state index in [1.165, 1.54) is 12.8 Å². The minimum atomic E-state index is -1.82. The summed E-state index contributed by atoms with van der Waals surface area (Å²) >= 11 is 5.87. The van der Waals surface area contributed by atoms with Crippen LogP contribution in [0.4, 0.5) is 0 Å². The fraction of sp³-hybridized carbons (Fsp3) is 0.933. The second kappa shape index (κ2) is 9.33. The summed E-state index contributed by atoms with van der Waals surface area (Å²) in [7, 11) is 8.22. The Morgan fingerprint density at radius 2 is 1.73 bits per heavy atom. The highest BCUT2D eigenvalue weighted by Gasteiger charge is 2.29. The molecule has 0 unspecified atom stereocenters. The van der Waals surface area contributed by atoms with Gasteiger partial charge in [-0.05, 0) is 84.9 Å². The van der Waals surface area contributed by atoms with Crippen molar-refractivity contribution in [3.05, 3.63) is 0 Å². The molecule has 1 aliphatic carbocycles. The first-order chi connectivity index (χ1) is 10.3. The first kappa shape index (κ1) is 20.0. The summed E-state index contributed by atoms with van der Waals surface area (Å²) in [5, 5.41) is 3.72. The van der Waals surface area contributed by atoms with Gasteiger partial charge in [-0.15, -0.1) is 0 Å². The van der Waals surface area contributed by atoms with Crippen LogP contribution < -0.4 is 5.09 Å². The Hall–Kier alpha value is -0.0000000000000000694. The maximum Gasteiger partial charge on any atom is 0.305 e. The quantitative estimate of drug-likeness (QED) is 0.537. The lowest BCUT2D eigenvalue weighted by atomic mass is 9.84. The second-order valence-corrected chi connectivity index (χ2v) is 10.9. The highest BCUT2D eigenvalue weighted by molar-refractivity contribution is 8.11. The van der Waals surface area contributed by atoms with Crippen molar-refractivity contribution in [3.8, 4) is 0 Å². The highest BCUT2D eigenvalue weighted by Crippen LogP contribution is 2.47. The van der Waals surface area contributed by atoms with Crippen molar-refractivity contribution in [2.75, 3.05) is 34.8 Å². The molecule has 0 aliphatic heterocycles. The molecule has 0 aromatic rings. The number of rotatable bonds is 8. The Kier molecular flexibility index (Phi) is 8.50. The summed E-state index contributed by atoms with van der Waals surface area (Å²) in [6.45, 7) is 0.521. The molecule has 0 atom stereocenters. The van der Waals surface area contributed by atoms with E-state index in [9.17, 15) is 4.79 Å². The number of carbonyl (C=O) groups excluding carboxylic acids is 1. The molecule has 1 rings (SSSR count). The van der Waals surface area contributed by atoms with Crippen LogP contribution in [0, 0.1) is 5.92 Å². The van der Waals surface area contributed by atoms with E-state index < -0.39 is 6.49 Å². The van der Waals surface area contributed by atoms with E-state index in [1.807, 2.05) is 6.92 Å². The predicted molar refractivity (Wildman–Crippen MR) is 96.4 cm³/mol. The van der Waals surface area contributed by atoms with Gasteiger partial charge in [0.2, 0.25) is 0 Å². The van der Waals surface area contributed by atoms with Crippen molar-refractivity contribution in [3.63, 3.8) is 0 Å². The lowest BCUT2D eigenvalue weighted by Crippen LogP contribution is -2.39. The van der Waals surface area contributed by atoms with E-state index in [0.29, 0.717) is 25.0 Å². The lowest BCUT2D eigenvalue weighted by molar-refractivity contribution is -0.143. The fourth-order valence-electron chi connectivity index (χ4n) is 2.96. The number of esters is 1. The van der Waals surface area contributed by atoms with E-state index in [1.54, 1.807) is 0 Å². The molecule has 0 aromatic heterocycles. The predicted octanol–water partition coefficient (Wildman–Crippen LogP) is 2.83. The molecule has 0 heterocycles. The van der Waals surface area contributed by atoms with Crippen molar-refractivity contribution in [1.29, 1.82) is 0 Å². The van der Waals surface area contributed by atoms with Crippen LogP contribution in [0.5, 0.6) is 0 Å². The minimum absolute atomic E-state index is 0.0570. The Balaban J connectivity index is 2.39. The molecule has 0 saturated heterocycles. The average Bonchev–Trinajstić information content (AvgIpc) is 2.46. The molecule has 1 N–H and O–H groups in total. The van der Waals surface area contributed by atoms with Gasteiger partial charge in [0.15, 0.2) is 0 Å². The molecule has 0 bridgehead atoms. The van der Waals surface area contributed by atoms with Crippen LogP contribution in [-0.4, -0.2) is 56.1 Å². The maximum atomic E-state index is 11.4. The van der Waals surface area contributed by atoms with E-state index in [-0.39, 0.29) is 5.97 Å². The molecule has 0 aromatic carbocycles. The van der Waals surface area contributed by atoms with Gasteiger partial charge in [0, 0.05) is 12.5 Å². The number of ether oxygens (including phenoxy) is 1. The minimum Gasteiger partial charge on any atom is -0.466 e. The van der Waals surface area contributed by atoms with Crippen molar-refractivity contribution in [2.24, 2.45) is 5.92 Å². The number of carbonyl (C=O) groups is 1. The molecule has 0 spiro atoms. The van der Waals surface area contributed by atoms with E-state index >= 15 is 0 Å². The smallest absolute Gasteiger partial charge is 0.305 e. The van der Waals surface area contributed by atoms with Gasteiger partial charge in [0.1, 0.15) is 6.49 Å².